The minimum atomic E-state index is -3.70. The van der Waals surface area contributed by atoms with Crippen molar-refractivity contribution < 1.29 is 18.0 Å². The fraction of sp³-hybridized carbons (Fsp3) is 0.619. The van der Waals surface area contributed by atoms with Gasteiger partial charge in [-0.15, -0.1) is 0 Å². The number of amides is 2. The van der Waals surface area contributed by atoms with Crippen LogP contribution < -0.4 is 21.1 Å². The van der Waals surface area contributed by atoms with Gasteiger partial charge in [0.15, 0.2) is 0 Å². The van der Waals surface area contributed by atoms with E-state index in [1.54, 1.807) is 26.8 Å². The maximum atomic E-state index is 13.0. The van der Waals surface area contributed by atoms with Crippen LogP contribution in [0, 0.1) is 5.41 Å². The summed E-state index contributed by atoms with van der Waals surface area (Å²) >= 11 is 6.12. The summed E-state index contributed by atoms with van der Waals surface area (Å²) in [6.45, 7) is 6.36. The highest BCUT2D eigenvalue weighted by atomic mass is 35.5. The van der Waals surface area contributed by atoms with Crippen LogP contribution in [-0.2, 0) is 32.6 Å². The van der Waals surface area contributed by atoms with Gasteiger partial charge in [0.05, 0.1) is 11.8 Å². The summed E-state index contributed by atoms with van der Waals surface area (Å²) < 4.78 is 26.4. The molecule has 0 unspecified atom stereocenters. The molecular formula is C21H33ClN4O4S. The van der Waals surface area contributed by atoms with Gasteiger partial charge < -0.3 is 11.1 Å². The number of halogens is 1. The number of nitrogens with one attached hydrogen (secondary N) is 3. The Bertz CT molecular complexity index is 927. The highest BCUT2D eigenvalue weighted by Gasteiger charge is 2.41. The van der Waals surface area contributed by atoms with Crippen LogP contribution in [0.4, 0.5) is 0 Å². The van der Waals surface area contributed by atoms with Crippen LogP contribution in [0.25, 0.3) is 0 Å². The third-order valence-electron chi connectivity index (χ3n) is 5.91. The maximum Gasteiger partial charge on any atom is 0.246 e. The molecule has 2 amide bonds. The van der Waals surface area contributed by atoms with E-state index in [2.05, 4.69) is 15.4 Å². The van der Waals surface area contributed by atoms with E-state index in [0.717, 1.165) is 23.8 Å². The highest BCUT2D eigenvalue weighted by molar-refractivity contribution is 7.88. The van der Waals surface area contributed by atoms with Crippen molar-refractivity contribution >= 4 is 33.4 Å². The Morgan fingerprint density at radius 1 is 1.32 bits per heavy atom. The lowest BCUT2D eigenvalue weighted by molar-refractivity contribution is -0.136. The summed E-state index contributed by atoms with van der Waals surface area (Å²) in [6, 6.07) is 4.33. The fourth-order valence-corrected chi connectivity index (χ4v) is 4.87. The zero-order valence-electron chi connectivity index (χ0n) is 18.5. The number of hydrogen-bond donors (Lipinski definition) is 4. The van der Waals surface area contributed by atoms with E-state index in [9.17, 15) is 18.0 Å². The number of nitrogens with two attached hydrogens (primary N) is 1. The van der Waals surface area contributed by atoms with Crippen LogP contribution in [-0.4, -0.2) is 44.6 Å². The Labute approximate surface area is 189 Å². The average Bonchev–Trinajstić information content (AvgIpc) is 3.12. The zero-order chi connectivity index (χ0) is 23.4. The molecule has 0 aromatic heterocycles. The molecule has 1 saturated heterocycles. The lowest BCUT2D eigenvalue weighted by Gasteiger charge is -2.34. The second kappa shape index (κ2) is 9.95. The maximum absolute atomic E-state index is 13.0. The number of benzene rings is 1. The molecule has 1 aromatic rings. The second-order valence-electron chi connectivity index (χ2n) is 9.11. The molecule has 174 valence electrons. The largest absolute Gasteiger partial charge is 0.326 e. The molecule has 2 atom stereocenters. The molecular weight excluding hydrogens is 440 g/mol. The van der Waals surface area contributed by atoms with Gasteiger partial charge in [0.25, 0.3) is 0 Å². The van der Waals surface area contributed by atoms with Crippen LogP contribution in [0.3, 0.4) is 0 Å². The molecule has 1 aliphatic heterocycles. The minimum Gasteiger partial charge on any atom is -0.326 e. The summed E-state index contributed by atoms with van der Waals surface area (Å²) in [5.41, 5.74) is 6.06. The van der Waals surface area contributed by atoms with Crippen molar-refractivity contribution in [2.45, 2.75) is 64.6 Å². The molecule has 0 radical (unpaired) electrons. The smallest absolute Gasteiger partial charge is 0.246 e. The van der Waals surface area contributed by atoms with E-state index < -0.39 is 38.8 Å². The first kappa shape index (κ1) is 25.7. The van der Waals surface area contributed by atoms with E-state index in [4.69, 9.17) is 17.3 Å². The van der Waals surface area contributed by atoms with E-state index >= 15 is 0 Å². The van der Waals surface area contributed by atoms with Crippen molar-refractivity contribution in [1.29, 1.82) is 0 Å². The molecule has 0 spiro atoms. The molecule has 0 saturated carbocycles. The molecule has 2 rings (SSSR count). The molecule has 0 aliphatic carbocycles. The van der Waals surface area contributed by atoms with E-state index in [0.29, 0.717) is 37.4 Å². The van der Waals surface area contributed by atoms with Crippen molar-refractivity contribution in [2.24, 2.45) is 11.1 Å². The highest BCUT2D eigenvalue weighted by Crippen LogP contribution is 2.30. The first-order valence-corrected chi connectivity index (χ1v) is 12.6. The summed E-state index contributed by atoms with van der Waals surface area (Å²) in [6.07, 6.45) is 3.44. The van der Waals surface area contributed by atoms with Crippen LogP contribution in [0.15, 0.2) is 18.2 Å². The quantitative estimate of drug-likeness (QED) is 0.430. The van der Waals surface area contributed by atoms with E-state index in [1.165, 1.54) is 0 Å². The molecule has 0 bridgehead atoms. The Hall–Kier alpha value is -1.52. The van der Waals surface area contributed by atoms with Crippen LogP contribution >= 0.6 is 11.6 Å². The third-order valence-corrected chi connectivity index (χ3v) is 6.81. The zero-order valence-corrected chi connectivity index (χ0v) is 20.1. The number of carbonyl (C=O) groups excluding carboxylic acids is 2. The first-order valence-electron chi connectivity index (χ1n) is 10.3. The predicted molar refractivity (Wildman–Crippen MR) is 122 cm³/mol. The standard InChI is InChI=1S/C21H33ClN4O4S/c1-20(2,10-8-14-12-16(22)7-6-15(14)13-23)17(26-31(4,29)30)18(27)25-19(28)21(3)9-5-11-24-21/h6-7,12,17,24,26H,5,8-11,13,23H2,1-4H3,(H,25,27,28)/t17-,21-/m0/s1. The van der Waals surface area contributed by atoms with Crippen molar-refractivity contribution in [3.05, 3.63) is 34.3 Å². The van der Waals surface area contributed by atoms with Gasteiger partial charge >= 0.3 is 0 Å². The minimum absolute atomic E-state index is 0.346. The lowest BCUT2D eigenvalue weighted by Crippen LogP contribution is -2.59. The molecule has 5 N–H and O–H groups in total. The molecule has 8 nitrogen and oxygen atoms in total. The monoisotopic (exact) mass is 472 g/mol. The number of sulfonamides is 1. The normalized spacial score (nSPS) is 20.5. The fourth-order valence-electron chi connectivity index (χ4n) is 3.82. The van der Waals surface area contributed by atoms with Gasteiger partial charge in [-0.25, -0.2) is 13.1 Å². The van der Waals surface area contributed by atoms with Gasteiger partial charge in [-0.05, 0) is 67.8 Å². The summed E-state index contributed by atoms with van der Waals surface area (Å²) in [4.78, 5) is 25.7. The summed E-state index contributed by atoms with van der Waals surface area (Å²) in [7, 11) is -3.70. The summed E-state index contributed by atoms with van der Waals surface area (Å²) in [5.74, 6) is -1.12. The van der Waals surface area contributed by atoms with E-state index in [1.807, 2.05) is 12.1 Å². The van der Waals surface area contributed by atoms with E-state index in [-0.39, 0.29) is 0 Å². The van der Waals surface area contributed by atoms with Crippen molar-refractivity contribution in [2.75, 3.05) is 12.8 Å². The second-order valence-corrected chi connectivity index (χ2v) is 11.3. The van der Waals surface area contributed by atoms with Crippen molar-refractivity contribution in [1.82, 2.24) is 15.4 Å². The molecule has 10 heteroatoms. The molecule has 1 heterocycles. The van der Waals surface area contributed by atoms with Gasteiger partial charge in [0.2, 0.25) is 21.8 Å². The molecule has 1 fully saturated rings. The van der Waals surface area contributed by atoms with Gasteiger partial charge in [-0.3, -0.25) is 14.9 Å². The van der Waals surface area contributed by atoms with Gasteiger partial charge in [-0.2, -0.15) is 0 Å². The number of hydrogen-bond acceptors (Lipinski definition) is 6. The molecule has 1 aromatic carbocycles. The Balaban J connectivity index is 2.21. The lowest BCUT2D eigenvalue weighted by atomic mass is 9.78. The van der Waals surface area contributed by atoms with Crippen LogP contribution in [0.1, 0.15) is 51.2 Å². The third kappa shape index (κ3) is 6.98. The van der Waals surface area contributed by atoms with Crippen molar-refractivity contribution in [3.63, 3.8) is 0 Å². The predicted octanol–water partition coefficient (Wildman–Crippen LogP) is 1.46. The Morgan fingerprint density at radius 3 is 2.55 bits per heavy atom. The topological polar surface area (TPSA) is 130 Å². The van der Waals surface area contributed by atoms with Crippen LogP contribution in [0.2, 0.25) is 5.02 Å². The SMILES string of the molecule is CC(C)(CCc1cc(Cl)ccc1CN)[C@@H](NS(C)(=O)=O)C(=O)NC(=O)[C@]1(C)CCCN1. The first-order chi connectivity index (χ1) is 14.3. The Kier molecular flexibility index (Phi) is 8.27. The van der Waals surface area contributed by atoms with Crippen LogP contribution in [0.5, 0.6) is 0 Å². The van der Waals surface area contributed by atoms with Gasteiger partial charge in [0.1, 0.15) is 6.04 Å². The number of aryl methyl sites for hydroxylation is 1. The summed E-state index contributed by atoms with van der Waals surface area (Å²) in [5, 5.41) is 6.09. The Morgan fingerprint density at radius 2 is 2.00 bits per heavy atom. The average molecular weight is 473 g/mol. The number of rotatable bonds is 9. The van der Waals surface area contributed by atoms with Crippen molar-refractivity contribution in [3.8, 4) is 0 Å². The number of carbonyl (C=O) groups is 2. The number of imide groups is 1. The van der Waals surface area contributed by atoms with Gasteiger partial charge in [0, 0.05) is 11.6 Å². The molecule has 31 heavy (non-hydrogen) atoms. The van der Waals surface area contributed by atoms with Gasteiger partial charge in [-0.1, -0.05) is 31.5 Å². The molecule has 1 aliphatic rings.